The summed E-state index contributed by atoms with van der Waals surface area (Å²) in [5.74, 6) is 0.638. The Morgan fingerprint density at radius 1 is 1.23 bits per heavy atom. The lowest BCUT2D eigenvalue weighted by atomic mass is 10.4. The number of rotatable bonds is 2. The number of benzene rings is 1. The van der Waals surface area contributed by atoms with Gasteiger partial charge in [0.15, 0.2) is 0 Å². The highest BCUT2D eigenvalue weighted by molar-refractivity contribution is 6.17. The molecule has 1 nitrogen and oxygen atoms in total. The third-order valence-electron chi connectivity index (χ3n) is 1.22. The van der Waals surface area contributed by atoms with Crippen LogP contribution >= 0.6 is 11.6 Å². The zero-order valence-corrected chi connectivity index (χ0v) is 8.52. The fraction of sp³-hybridized carbons (Fsp3) is 0.400. The largest absolute Gasteiger partial charge is 0.412 e. The Labute approximate surface area is 83.8 Å². The van der Waals surface area contributed by atoms with Gasteiger partial charge in [-0.3, -0.25) is 0 Å². The van der Waals surface area contributed by atoms with Crippen LogP contribution in [0, 0.1) is 5.82 Å². The van der Waals surface area contributed by atoms with Crippen molar-refractivity contribution in [3.8, 4) is 0 Å². The minimum absolute atomic E-state index is 0. The molecule has 0 atom stereocenters. The Balaban J connectivity index is 0. The second-order valence-corrected chi connectivity index (χ2v) is 2.72. The third-order valence-corrected chi connectivity index (χ3v) is 1.49. The number of alkyl halides is 1. The molecule has 1 rings (SSSR count). The van der Waals surface area contributed by atoms with Gasteiger partial charge in [-0.1, -0.05) is 31.5 Å². The Morgan fingerprint density at radius 3 is 1.92 bits per heavy atom. The lowest BCUT2D eigenvalue weighted by Crippen LogP contribution is -1.65. The molecule has 0 aromatic heterocycles. The number of hydrogen-bond acceptors (Lipinski definition) is 0. The zero-order chi connectivity index (χ0) is 9.23. The maximum absolute atomic E-state index is 11.9. The van der Waals surface area contributed by atoms with Crippen molar-refractivity contribution in [2.24, 2.45) is 0 Å². The van der Waals surface area contributed by atoms with Crippen molar-refractivity contribution < 1.29 is 9.87 Å². The molecule has 0 fully saturated rings. The summed E-state index contributed by atoms with van der Waals surface area (Å²) in [5.41, 5.74) is 0. The molecule has 2 N–H and O–H groups in total. The first-order valence-electron chi connectivity index (χ1n) is 4.07. The minimum Gasteiger partial charge on any atom is -0.412 e. The third kappa shape index (κ3) is 11.4. The molecule has 0 unspecified atom stereocenters. The molecule has 0 saturated carbocycles. The van der Waals surface area contributed by atoms with E-state index < -0.39 is 0 Å². The van der Waals surface area contributed by atoms with Crippen molar-refractivity contribution in [3.05, 3.63) is 36.1 Å². The highest BCUT2D eigenvalue weighted by Crippen LogP contribution is 1.91. The van der Waals surface area contributed by atoms with E-state index in [2.05, 4.69) is 6.92 Å². The maximum atomic E-state index is 11.9. The molecule has 1 aromatic carbocycles. The van der Waals surface area contributed by atoms with Gasteiger partial charge < -0.3 is 5.48 Å². The molecule has 76 valence electrons. The summed E-state index contributed by atoms with van der Waals surface area (Å²) < 4.78 is 11.9. The van der Waals surface area contributed by atoms with E-state index in [9.17, 15) is 4.39 Å². The van der Waals surface area contributed by atoms with E-state index >= 15 is 0 Å². The predicted molar refractivity (Wildman–Crippen MR) is 55.6 cm³/mol. The van der Waals surface area contributed by atoms with E-state index in [1.165, 1.54) is 18.6 Å². The monoisotopic (exact) mass is 206 g/mol. The zero-order valence-electron chi connectivity index (χ0n) is 7.76. The van der Waals surface area contributed by atoms with Crippen LogP contribution in [-0.4, -0.2) is 11.4 Å². The molecule has 13 heavy (non-hydrogen) atoms. The van der Waals surface area contributed by atoms with Gasteiger partial charge in [-0.2, -0.15) is 0 Å². The fourth-order valence-electron chi connectivity index (χ4n) is 0.548. The Bertz CT molecular complexity index is 178. The van der Waals surface area contributed by atoms with Crippen LogP contribution in [0.1, 0.15) is 19.8 Å². The topological polar surface area (TPSA) is 31.5 Å². The van der Waals surface area contributed by atoms with E-state index in [0.717, 1.165) is 12.3 Å². The molecule has 0 aliphatic rings. The van der Waals surface area contributed by atoms with Crippen molar-refractivity contribution >= 4 is 11.6 Å². The van der Waals surface area contributed by atoms with Gasteiger partial charge in [0.05, 0.1) is 0 Å². The first-order valence-corrected chi connectivity index (χ1v) is 4.61. The van der Waals surface area contributed by atoms with Gasteiger partial charge in [0, 0.05) is 5.88 Å². The summed E-state index contributed by atoms with van der Waals surface area (Å²) in [5, 5.41) is 0. The van der Waals surface area contributed by atoms with Gasteiger partial charge in [0.1, 0.15) is 5.82 Å². The summed E-state index contributed by atoms with van der Waals surface area (Å²) in [7, 11) is 0. The lowest BCUT2D eigenvalue weighted by Gasteiger charge is -1.78. The SMILES string of the molecule is CCCCCl.Fc1ccccc1.O. The number of unbranched alkanes of at least 4 members (excludes halogenated alkanes) is 1. The van der Waals surface area contributed by atoms with Gasteiger partial charge in [-0.05, 0) is 18.6 Å². The smallest absolute Gasteiger partial charge is 0.123 e. The normalized spacial score (nSPS) is 7.92. The molecule has 0 spiro atoms. The van der Waals surface area contributed by atoms with Crippen LogP contribution < -0.4 is 0 Å². The quantitative estimate of drug-likeness (QED) is 0.667. The van der Waals surface area contributed by atoms with Crippen LogP contribution in [-0.2, 0) is 0 Å². The van der Waals surface area contributed by atoms with E-state index in [0.29, 0.717) is 0 Å². The van der Waals surface area contributed by atoms with Crippen molar-refractivity contribution in [1.82, 2.24) is 0 Å². The maximum Gasteiger partial charge on any atom is 0.123 e. The molecule has 0 heterocycles. The predicted octanol–water partition coefficient (Wildman–Crippen LogP) is 3.03. The first-order chi connectivity index (χ1) is 5.81. The highest BCUT2D eigenvalue weighted by Gasteiger charge is 1.77. The molecule has 3 heteroatoms. The summed E-state index contributed by atoms with van der Waals surface area (Å²) in [6, 6.07) is 7.94. The van der Waals surface area contributed by atoms with Gasteiger partial charge in [0.25, 0.3) is 0 Å². The molecule has 0 aliphatic carbocycles. The van der Waals surface area contributed by atoms with E-state index in [-0.39, 0.29) is 11.3 Å². The number of hydrogen-bond donors (Lipinski definition) is 0. The lowest BCUT2D eigenvalue weighted by molar-refractivity contribution is 0.628. The number of halogens is 2. The fourth-order valence-corrected chi connectivity index (χ4v) is 0.816. The Kier molecular flexibility index (Phi) is 13.1. The summed E-state index contributed by atoms with van der Waals surface area (Å²) in [6.07, 6.45) is 2.37. The average molecular weight is 207 g/mol. The van der Waals surface area contributed by atoms with Crippen LogP contribution in [0.25, 0.3) is 0 Å². The van der Waals surface area contributed by atoms with Crippen LogP contribution in [0.3, 0.4) is 0 Å². The van der Waals surface area contributed by atoms with Crippen molar-refractivity contribution in [2.75, 3.05) is 5.88 Å². The standard InChI is InChI=1S/C6H5F.C4H9Cl.H2O/c7-6-4-2-1-3-5-6;1-2-3-4-5;/h1-5H;2-4H2,1H3;1H2. The van der Waals surface area contributed by atoms with E-state index in [4.69, 9.17) is 11.6 Å². The van der Waals surface area contributed by atoms with Crippen molar-refractivity contribution in [1.29, 1.82) is 0 Å². The van der Waals surface area contributed by atoms with Crippen LogP contribution in [0.2, 0.25) is 0 Å². The average Bonchev–Trinajstić information content (AvgIpc) is 2.08. The van der Waals surface area contributed by atoms with Crippen LogP contribution in [0.5, 0.6) is 0 Å². The van der Waals surface area contributed by atoms with Crippen molar-refractivity contribution in [2.45, 2.75) is 19.8 Å². The Morgan fingerprint density at radius 2 is 1.77 bits per heavy atom. The van der Waals surface area contributed by atoms with E-state index in [1.807, 2.05) is 0 Å². The molecule has 0 bridgehead atoms. The summed E-state index contributed by atoms with van der Waals surface area (Å²) >= 11 is 5.30. The highest BCUT2D eigenvalue weighted by atomic mass is 35.5. The molecule has 0 amide bonds. The van der Waals surface area contributed by atoms with Crippen LogP contribution in [0.15, 0.2) is 30.3 Å². The Hall–Kier alpha value is -0.600. The van der Waals surface area contributed by atoms with Crippen LogP contribution in [0.4, 0.5) is 4.39 Å². The minimum atomic E-state index is -0.178. The van der Waals surface area contributed by atoms with Gasteiger partial charge in [0.2, 0.25) is 0 Å². The molecule has 1 aromatic rings. The summed E-state index contributed by atoms with van der Waals surface area (Å²) in [6.45, 7) is 2.13. The second-order valence-electron chi connectivity index (χ2n) is 2.34. The first kappa shape index (κ1) is 14.9. The summed E-state index contributed by atoms with van der Waals surface area (Å²) in [4.78, 5) is 0. The van der Waals surface area contributed by atoms with Crippen molar-refractivity contribution in [3.63, 3.8) is 0 Å². The molecule has 0 aliphatic heterocycles. The molecule has 0 saturated heterocycles. The van der Waals surface area contributed by atoms with E-state index in [1.54, 1.807) is 18.2 Å². The van der Waals surface area contributed by atoms with Gasteiger partial charge in [-0.15, -0.1) is 11.6 Å². The molecular weight excluding hydrogens is 191 g/mol. The van der Waals surface area contributed by atoms with Gasteiger partial charge in [-0.25, -0.2) is 4.39 Å². The van der Waals surface area contributed by atoms with Gasteiger partial charge >= 0.3 is 0 Å². The molecule has 0 radical (unpaired) electrons. The second kappa shape index (κ2) is 11.4. The molecular formula is C10H16ClFO.